The molecule has 8 heteroatoms. The number of hydrogen-bond donors (Lipinski definition) is 2. The quantitative estimate of drug-likeness (QED) is 0.235. The number of amides is 1. The molecule has 0 unspecified atom stereocenters. The molecule has 0 saturated heterocycles. The van der Waals surface area contributed by atoms with Crippen LogP contribution in [-0.2, 0) is 13.0 Å². The minimum Gasteiger partial charge on any atom is -0.506 e. The second-order valence-corrected chi connectivity index (χ2v) is 9.45. The molecular formula is C30H28ClN3O4. The molecule has 0 atom stereocenters. The number of benzene rings is 4. The van der Waals surface area contributed by atoms with Crippen molar-refractivity contribution >= 4 is 34.5 Å². The molecule has 0 fully saturated rings. The Balaban J connectivity index is 1.29. The van der Waals surface area contributed by atoms with Gasteiger partial charge in [0, 0.05) is 41.5 Å². The number of hydrazone groups is 1. The number of fused-ring (bicyclic) bond motifs is 2. The zero-order valence-corrected chi connectivity index (χ0v) is 21.7. The minimum atomic E-state index is -0.445. The zero-order chi connectivity index (χ0) is 26.5. The molecule has 5 rings (SSSR count). The van der Waals surface area contributed by atoms with Gasteiger partial charge in [0.05, 0.1) is 18.3 Å². The first-order valence-corrected chi connectivity index (χ1v) is 12.7. The summed E-state index contributed by atoms with van der Waals surface area (Å²) in [5.74, 6) is 0.906. The Labute approximate surface area is 226 Å². The SMILES string of the molecule is COc1cccc2c(OCCN3CCc4ccccc4C3)ccc(/C=N/NC(=O)c3ccc(O)c(Cl)c3)c12. The lowest BCUT2D eigenvalue weighted by molar-refractivity contribution is 0.0955. The smallest absolute Gasteiger partial charge is 0.271 e. The van der Waals surface area contributed by atoms with E-state index in [9.17, 15) is 9.90 Å². The van der Waals surface area contributed by atoms with Crippen LogP contribution in [0.5, 0.6) is 17.2 Å². The van der Waals surface area contributed by atoms with Crippen LogP contribution in [-0.4, -0.2) is 48.9 Å². The van der Waals surface area contributed by atoms with Crippen molar-refractivity contribution in [1.82, 2.24) is 10.3 Å². The normalized spacial score (nSPS) is 13.4. The van der Waals surface area contributed by atoms with Gasteiger partial charge in [-0.3, -0.25) is 9.69 Å². The van der Waals surface area contributed by atoms with Crippen LogP contribution in [0.4, 0.5) is 0 Å². The van der Waals surface area contributed by atoms with Crippen LogP contribution in [0.1, 0.15) is 27.0 Å². The summed E-state index contributed by atoms with van der Waals surface area (Å²) < 4.78 is 11.9. The molecule has 1 amide bonds. The fourth-order valence-corrected chi connectivity index (χ4v) is 4.86. The number of ether oxygens (including phenoxy) is 2. The van der Waals surface area contributed by atoms with E-state index in [2.05, 4.69) is 39.7 Å². The average molecular weight is 530 g/mol. The van der Waals surface area contributed by atoms with Gasteiger partial charge >= 0.3 is 0 Å². The van der Waals surface area contributed by atoms with Crippen molar-refractivity contribution in [2.45, 2.75) is 13.0 Å². The Hall–Kier alpha value is -4.07. The molecular weight excluding hydrogens is 502 g/mol. The van der Waals surface area contributed by atoms with Crippen molar-refractivity contribution in [3.63, 3.8) is 0 Å². The first kappa shape index (κ1) is 25.6. The van der Waals surface area contributed by atoms with Gasteiger partial charge in [-0.2, -0.15) is 5.10 Å². The van der Waals surface area contributed by atoms with Crippen LogP contribution in [0.25, 0.3) is 10.8 Å². The predicted octanol–water partition coefficient (Wildman–Crippen LogP) is 5.41. The van der Waals surface area contributed by atoms with Gasteiger partial charge in [0.25, 0.3) is 5.91 Å². The molecule has 0 spiro atoms. The van der Waals surface area contributed by atoms with Crippen molar-refractivity contribution < 1.29 is 19.4 Å². The third-order valence-electron chi connectivity index (χ3n) is 6.67. The lowest BCUT2D eigenvalue weighted by Crippen LogP contribution is -2.33. The maximum absolute atomic E-state index is 12.4. The number of nitrogens with one attached hydrogen (secondary N) is 1. The molecule has 0 bridgehead atoms. The lowest BCUT2D eigenvalue weighted by atomic mass is 10.0. The molecule has 1 heterocycles. The van der Waals surface area contributed by atoms with Crippen LogP contribution >= 0.6 is 11.6 Å². The van der Waals surface area contributed by atoms with Crippen molar-refractivity contribution in [3.8, 4) is 17.2 Å². The predicted molar refractivity (Wildman–Crippen MR) is 150 cm³/mol. The van der Waals surface area contributed by atoms with Crippen molar-refractivity contribution in [2.24, 2.45) is 5.10 Å². The van der Waals surface area contributed by atoms with E-state index >= 15 is 0 Å². The molecule has 194 valence electrons. The molecule has 38 heavy (non-hydrogen) atoms. The van der Waals surface area contributed by atoms with Crippen LogP contribution in [0.2, 0.25) is 5.02 Å². The van der Waals surface area contributed by atoms with Gasteiger partial charge in [-0.15, -0.1) is 0 Å². The van der Waals surface area contributed by atoms with Crippen LogP contribution in [0, 0.1) is 0 Å². The highest BCUT2D eigenvalue weighted by Gasteiger charge is 2.16. The highest BCUT2D eigenvalue weighted by molar-refractivity contribution is 6.32. The van der Waals surface area contributed by atoms with Crippen molar-refractivity contribution in [3.05, 3.63) is 100 Å². The molecule has 7 nitrogen and oxygen atoms in total. The van der Waals surface area contributed by atoms with Crippen molar-refractivity contribution in [2.75, 3.05) is 26.8 Å². The minimum absolute atomic E-state index is 0.0890. The number of carbonyl (C=O) groups is 1. The lowest BCUT2D eigenvalue weighted by Gasteiger charge is -2.28. The summed E-state index contributed by atoms with van der Waals surface area (Å²) in [5, 5.41) is 15.5. The third-order valence-corrected chi connectivity index (χ3v) is 6.97. The molecule has 0 radical (unpaired) electrons. The van der Waals surface area contributed by atoms with Gasteiger partial charge in [0.2, 0.25) is 0 Å². The number of rotatable bonds is 8. The second-order valence-electron chi connectivity index (χ2n) is 9.04. The summed E-state index contributed by atoms with van der Waals surface area (Å²) in [5.41, 5.74) is 6.37. The van der Waals surface area contributed by atoms with E-state index in [0.29, 0.717) is 12.4 Å². The number of nitrogens with zero attached hydrogens (tertiary/aromatic N) is 2. The van der Waals surface area contributed by atoms with Gasteiger partial charge in [0.1, 0.15) is 23.9 Å². The number of halogens is 1. The number of carbonyl (C=O) groups excluding carboxylic acids is 1. The number of hydrogen-bond acceptors (Lipinski definition) is 6. The molecule has 1 aliphatic heterocycles. The molecule has 4 aromatic rings. The summed E-state index contributed by atoms with van der Waals surface area (Å²) in [4.78, 5) is 14.9. The molecule has 1 aliphatic rings. The largest absolute Gasteiger partial charge is 0.506 e. The van der Waals surface area contributed by atoms with E-state index in [1.54, 1.807) is 13.3 Å². The highest BCUT2D eigenvalue weighted by atomic mass is 35.5. The molecule has 2 N–H and O–H groups in total. The van der Waals surface area contributed by atoms with E-state index in [-0.39, 0.29) is 16.3 Å². The monoisotopic (exact) mass is 529 g/mol. The van der Waals surface area contributed by atoms with E-state index in [4.69, 9.17) is 21.1 Å². The maximum atomic E-state index is 12.4. The fourth-order valence-electron chi connectivity index (χ4n) is 4.68. The Bertz CT molecular complexity index is 1500. The van der Waals surface area contributed by atoms with Crippen molar-refractivity contribution in [1.29, 1.82) is 0 Å². The standard InChI is InChI=1S/C30H28ClN3O4/c1-37-28-8-4-7-24-27(38-16-15-34-14-13-20-5-2-3-6-23(20)19-34)12-10-22(29(24)28)18-32-33-30(36)21-9-11-26(35)25(31)17-21/h2-12,17-18,35H,13-16,19H2,1H3,(H,33,36)/b32-18+. The number of phenols is 1. The van der Waals surface area contributed by atoms with E-state index in [1.807, 2.05) is 30.3 Å². The van der Waals surface area contributed by atoms with E-state index in [0.717, 1.165) is 48.1 Å². The van der Waals surface area contributed by atoms with Crippen LogP contribution < -0.4 is 14.9 Å². The molecule has 0 saturated carbocycles. The van der Waals surface area contributed by atoms with E-state index in [1.165, 1.54) is 29.3 Å². The van der Waals surface area contributed by atoms with Crippen LogP contribution in [0.3, 0.4) is 0 Å². The van der Waals surface area contributed by atoms with Gasteiger partial charge in [-0.1, -0.05) is 48.0 Å². The average Bonchev–Trinajstić information content (AvgIpc) is 2.94. The zero-order valence-electron chi connectivity index (χ0n) is 21.0. The summed E-state index contributed by atoms with van der Waals surface area (Å²) >= 11 is 5.90. The maximum Gasteiger partial charge on any atom is 0.271 e. The van der Waals surface area contributed by atoms with E-state index < -0.39 is 5.91 Å². The second kappa shape index (κ2) is 11.5. The van der Waals surface area contributed by atoms with Gasteiger partial charge < -0.3 is 14.6 Å². The number of methoxy groups -OCH3 is 1. The number of phenolic OH excluding ortho intramolecular Hbond substituents is 1. The molecule has 0 aliphatic carbocycles. The Morgan fingerprint density at radius 1 is 1.08 bits per heavy atom. The molecule has 0 aromatic heterocycles. The van der Waals surface area contributed by atoms with Gasteiger partial charge in [0.15, 0.2) is 0 Å². The Kier molecular flexibility index (Phi) is 7.77. The summed E-state index contributed by atoms with van der Waals surface area (Å²) in [6.45, 7) is 3.35. The first-order chi connectivity index (χ1) is 18.5. The highest BCUT2D eigenvalue weighted by Crippen LogP contribution is 2.34. The number of aromatic hydroxyl groups is 1. The van der Waals surface area contributed by atoms with Crippen LogP contribution in [0.15, 0.2) is 77.9 Å². The third kappa shape index (κ3) is 5.59. The fraction of sp³-hybridized carbons (Fsp3) is 0.200. The Morgan fingerprint density at radius 2 is 1.92 bits per heavy atom. The topological polar surface area (TPSA) is 83.4 Å². The van der Waals surface area contributed by atoms with Gasteiger partial charge in [-0.05, 0) is 53.9 Å². The van der Waals surface area contributed by atoms with Gasteiger partial charge in [-0.25, -0.2) is 5.43 Å². The first-order valence-electron chi connectivity index (χ1n) is 12.4. The molecule has 4 aromatic carbocycles. The summed E-state index contributed by atoms with van der Waals surface area (Å²) in [7, 11) is 1.62. The Morgan fingerprint density at radius 3 is 2.74 bits per heavy atom. The summed E-state index contributed by atoms with van der Waals surface area (Å²) in [6, 6.07) is 22.4. The summed E-state index contributed by atoms with van der Waals surface area (Å²) in [6.07, 6.45) is 2.63.